The third-order valence-corrected chi connectivity index (χ3v) is 3.24. The van der Waals surface area contributed by atoms with Crippen LogP contribution in [0.2, 0.25) is 0 Å². The second-order valence-corrected chi connectivity index (χ2v) is 4.95. The third kappa shape index (κ3) is 2.01. The molecule has 0 aliphatic heterocycles. The van der Waals surface area contributed by atoms with Crippen molar-refractivity contribution in [3.8, 4) is 11.5 Å². The number of aromatic hydroxyl groups is 2. The molecule has 2 N–H and O–H groups in total. The Hall–Kier alpha value is -1.03. The molecule has 0 saturated heterocycles. The Labute approximate surface area is 79.5 Å². The summed E-state index contributed by atoms with van der Waals surface area (Å²) in [4.78, 5) is 0.287. The number of phenolic OH excluding ortho intramolecular Hbond substituents is 2. The van der Waals surface area contributed by atoms with Crippen molar-refractivity contribution in [3.63, 3.8) is 0 Å². The lowest BCUT2D eigenvalue weighted by molar-refractivity contribution is 0.394. The smallest absolute Gasteiger partial charge is 0.173 e. The van der Waals surface area contributed by atoms with E-state index in [9.17, 15) is 9.32 Å². The first-order valence-corrected chi connectivity index (χ1v) is 5.17. The van der Waals surface area contributed by atoms with Crippen molar-refractivity contribution in [2.45, 2.75) is 24.0 Å². The van der Waals surface area contributed by atoms with Crippen molar-refractivity contribution in [2.24, 2.45) is 0 Å². The summed E-state index contributed by atoms with van der Waals surface area (Å²) < 4.78 is 11.6. The van der Waals surface area contributed by atoms with Crippen LogP contribution in [0.1, 0.15) is 13.8 Å². The second-order valence-electron chi connectivity index (χ2n) is 2.97. The Morgan fingerprint density at radius 3 is 2.46 bits per heavy atom. The average molecular weight is 200 g/mol. The van der Waals surface area contributed by atoms with E-state index >= 15 is 0 Å². The summed E-state index contributed by atoms with van der Waals surface area (Å²) in [7, 11) is -1.27. The molecule has 13 heavy (non-hydrogen) atoms. The van der Waals surface area contributed by atoms with E-state index in [1.807, 2.05) is 0 Å². The Bertz CT molecular complexity index is 334. The first kappa shape index (κ1) is 10.1. The number of hydrogen-bond acceptors (Lipinski definition) is 3. The molecule has 0 fully saturated rings. The lowest BCUT2D eigenvalue weighted by atomic mass is 10.3. The van der Waals surface area contributed by atoms with Crippen LogP contribution in [0.5, 0.6) is 11.5 Å². The maximum Gasteiger partial charge on any atom is 0.173 e. The first-order valence-electron chi connectivity index (χ1n) is 3.95. The van der Waals surface area contributed by atoms with Gasteiger partial charge in [-0.05, 0) is 12.1 Å². The number of phenols is 2. The van der Waals surface area contributed by atoms with Crippen LogP contribution >= 0.6 is 0 Å². The van der Waals surface area contributed by atoms with Gasteiger partial charge >= 0.3 is 0 Å². The van der Waals surface area contributed by atoms with Crippen LogP contribution in [-0.2, 0) is 10.8 Å². The van der Waals surface area contributed by atoms with E-state index in [0.717, 1.165) is 0 Å². The monoisotopic (exact) mass is 200 g/mol. The highest BCUT2D eigenvalue weighted by atomic mass is 32.2. The molecule has 4 heteroatoms. The van der Waals surface area contributed by atoms with Gasteiger partial charge in [0.2, 0.25) is 0 Å². The lowest BCUT2D eigenvalue weighted by Crippen LogP contribution is -2.05. The van der Waals surface area contributed by atoms with E-state index in [-0.39, 0.29) is 21.6 Å². The third-order valence-electron chi connectivity index (χ3n) is 1.62. The first-order chi connectivity index (χ1) is 6.04. The number of rotatable bonds is 2. The highest BCUT2D eigenvalue weighted by Crippen LogP contribution is 2.31. The molecule has 0 aliphatic rings. The number of hydrogen-bond donors (Lipinski definition) is 2. The second kappa shape index (κ2) is 3.79. The van der Waals surface area contributed by atoms with E-state index < -0.39 is 10.8 Å². The van der Waals surface area contributed by atoms with Gasteiger partial charge in [0.05, 0.1) is 15.7 Å². The molecule has 0 aromatic heterocycles. The van der Waals surface area contributed by atoms with Gasteiger partial charge in [-0.3, -0.25) is 4.21 Å². The minimum atomic E-state index is -1.27. The van der Waals surface area contributed by atoms with Crippen molar-refractivity contribution < 1.29 is 14.4 Å². The molecule has 0 bridgehead atoms. The Kier molecular flexibility index (Phi) is 2.93. The van der Waals surface area contributed by atoms with Crippen molar-refractivity contribution in [2.75, 3.05) is 0 Å². The molecular formula is C9H12O3S. The predicted molar refractivity (Wildman–Crippen MR) is 51.3 cm³/mol. The molecule has 1 aromatic rings. The molecule has 1 atom stereocenters. The highest BCUT2D eigenvalue weighted by Gasteiger charge is 2.14. The van der Waals surface area contributed by atoms with Gasteiger partial charge < -0.3 is 10.2 Å². The minimum Gasteiger partial charge on any atom is -0.504 e. The molecular weight excluding hydrogens is 188 g/mol. The average Bonchev–Trinajstić information content (AvgIpc) is 2.08. The molecule has 0 heterocycles. The SMILES string of the molecule is CC(C)[S@](=O)c1cccc(O)c1O. The quantitative estimate of drug-likeness (QED) is 0.713. The summed E-state index contributed by atoms with van der Waals surface area (Å²) in [5.41, 5.74) is 0. The fraction of sp³-hybridized carbons (Fsp3) is 0.333. The molecule has 72 valence electrons. The summed E-state index contributed by atoms with van der Waals surface area (Å²) in [6, 6.07) is 4.46. The fourth-order valence-corrected chi connectivity index (χ4v) is 1.94. The number of para-hydroxylation sites is 1. The van der Waals surface area contributed by atoms with E-state index in [1.165, 1.54) is 6.07 Å². The molecule has 1 rings (SSSR count). The Morgan fingerprint density at radius 1 is 1.31 bits per heavy atom. The van der Waals surface area contributed by atoms with E-state index in [2.05, 4.69) is 0 Å². The van der Waals surface area contributed by atoms with Crippen molar-refractivity contribution in [3.05, 3.63) is 18.2 Å². The Morgan fingerprint density at radius 2 is 1.92 bits per heavy atom. The molecule has 0 spiro atoms. The van der Waals surface area contributed by atoms with Crippen LogP contribution in [0.3, 0.4) is 0 Å². The van der Waals surface area contributed by atoms with Crippen LogP contribution in [-0.4, -0.2) is 19.7 Å². The van der Waals surface area contributed by atoms with Gasteiger partial charge in [0.15, 0.2) is 11.5 Å². The van der Waals surface area contributed by atoms with Gasteiger partial charge in [0.1, 0.15) is 0 Å². The zero-order valence-corrected chi connectivity index (χ0v) is 8.34. The molecule has 1 aromatic carbocycles. The molecule has 0 unspecified atom stereocenters. The van der Waals surface area contributed by atoms with E-state index in [0.29, 0.717) is 0 Å². The minimum absolute atomic E-state index is 0.0762. The summed E-state index contributed by atoms with van der Waals surface area (Å²) in [6.07, 6.45) is 0. The molecule has 0 amide bonds. The van der Waals surface area contributed by atoms with Crippen molar-refractivity contribution in [1.82, 2.24) is 0 Å². The number of benzene rings is 1. The lowest BCUT2D eigenvalue weighted by Gasteiger charge is -2.07. The van der Waals surface area contributed by atoms with Crippen LogP contribution in [0, 0.1) is 0 Å². The van der Waals surface area contributed by atoms with Crippen LogP contribution < -0.4 is 0 Å². The largest absolute Gasteiger partial charge is 0.504 e. The van der Waals surface area contributed by atoms with E-state index in [4.69, 9.17) is 5.11 Å². The predicted octanol–water partition coefficient (Wildman–Crippen LogP) is 1.61. The molecule has 3 nitrogen and oxygen atoms in total. The van der Waals surface area contributed by atoms with Gasteiger partial charge in [0.25, 0.3) is 0 Å². The molecule has 0 aliphatic carbocycles. The zero-order chi connectivity index (χ0) is 10.0. The summed E-state index contributed by atoms with van der Waals surface area (Å²) >= 11 is 0. The Balaban J connectivity index is 3.15. The highest BCUT2D eigenvalue weighted by molar-refractivity contribution is 7.85. The van der Waals surface area contributed by atoms with Crippen LogP contribution in [0.4, 0.5) is 0 Å². The molecule has 0 saturated carbocycles. The topological polar surface area (TPSA) is 57.5 Å². The molecule has 0 radical (unpaired) electrons. The van der Waals surface area contributed by atoms with Crippen LogP contribution in [0.15, 0.2) is 23.1 Å². The van der Waals surface area contributed by atoms with E-state index in [1.54, 1.807) is 26.0 Å². The summed E-state index contributed by atoms with van der Waals surface area (Å²) in [6.45, 7) is 3.58. The zero-order valence-electron chi connectivity index (χ0n) is 7.52. The van der Waals surface area contributed by atoms with Gasteiger partial charge in [-0.2, -0.15) is 0 Å². The van der Waals surface area contributed by atoms with Gasteiger partial charge in [-0.1, -0.05) is 19.9 Å². The maximum atomic E-state index is 11.6. The van der Waals surface area contributed by atoms with Crippen molar-refractivity contribution >= 4 is 10.8 Å². The normalized spacial score (nSPS) is 13.2. The van der Waals surface area contributed by atoms with Crippen molar-refractivity contribution in [1.29, 1.82) is 0 Å². The summed E-state index contributed by atoms with van der Waals surface area (Å²) in [5, 5.41) is 18.4. The fourth-order valence-electron chi connectivity index (χ4n) is 0.927. The maximum absolute atomic E-state index is 11.6. The standard InChI is InChI=1S/C9H12O3S/c1-6(2)13(12)8-5-3-4-7(10)9(8)11/h3-6,10-11H,1-2H3/t13-/m0/s1. The summed E-state index contributed by atoms with van der Waals surface area (Å²) in [5.74, 6) is -0.513. The van der Waals surface area contributed by atoms with Crippen LogP contribution in [0.25, 0.3) is 0 Å². The van der Waals surface area contributed by atoms with Gasteiger partial charge in [-0.15, -0.1) is 0 Å². The van der Waals surface area contributed by atoms with Gasteiger partial charge in [0, 0.05) is 5.25 Å². The van der Waals surface area contributed by atoms with Gasteiger partial charge in [-0.25, -0.2) is 0 Å².